The first-order chi connectivity index (χ1) is 36.7. The first-order valence-corrected chi connectivity index (χ1v) is 29.1. The fourth-order valence-electron chi connectivity index (χ4n) is 16.4. The van der Waals surface area contributed by atoms with Crippen LogP contribution in [0.3, 0.4) is 0 Å². The molecule has 8 aromatic rings. The molecule has 0 aromatic heterocycles. The van der Waals surface area contributed by atoms with E-state index in [-0.39, 0.29) is 39.3 Å². The standard InChI is InChI=1S/C73H76BN3/c1-67(2,3)50-33-36-60(54(42-50)47-24-15-13-16-25-47)75-62-44-52(69(7,8)9)32-35-58(62)74-59-31-23-30-56-66(59)77(71(11)39-21-22-40-73(56,71)49-27-17-14-18-28-49)64-46-53(45-63(75)65(64)74)76-61-37-34-51(68(4,5)6)43-57(61)70(10)41-38-48-26-19-20-29-55(48)72(70,76)12/h13-20,23-37,42-46H,21-22,38-41H2,1-12H3. The third-order valence-electron chi connectivity index (χ3n) is 20.6. The third kappa shape index (κ3) is 6.45. The minimum atomic E-state index is -0.396. The molecule has 0 radical (unpaired) electrons. The molecule has 0 N–H and O–H groups in total. The number of anilines is 7. The van der Waals surface area contributed by atoms with E-state index in [2.05, 4.69) is 268 Å². The lowest BCUT2D eigenvalue weighted by Crippen LogP contribution is -2.65. The van der Waals surface area contributed by atoms with Gasteiger partial charge in [-0.25, -0.2) is 0 Å². The van der Waals surface area contributed by atoms with Gasteiger partial charge in [0, 0.05) is 50.5 Å². The Kier molecular flexibility index (Phi) is 10.2. The molecule has 0 spiro atoms. The second-order valence-corrected chi connectivity index (χ2v) is 27.7. The Morgan fingerprint density at radius 2 is 1.06 bits per heavy atom. The predicted octanol–water partition coefficient (Wildman–Crippen LogP) is 16.9. The molecule has 14 rings (SSSR count). The number of fused-ring (bicyclic) bond motifs is 12. The molecule has 1 saturated carbocycles. The lowest BCUT2D eigenvalue weighted by Gasteiger charge is -2.55. The van der Waals surface area contributed by atoms with Crippen LogP contribution in [0.15, 0.2) is 170 Å². The van der Waals surface area contributed by atoms with Gasteiger partial charge in [-0.05, 0) is 159 Å². The highest BCUT2D eigenvalue weighted by Gasteiger charge is 2.65. The summed E-state index contributed by atoms with van der Waals surface area (Å²) in [5, 5.41) is 0. The minimum absolute atomic E-state index is 0.00708. The molecule has 4 heteroatoms. The largest absolute Gasteiger partial charge is 0.335 e. The summed E-state index contributed by atoms with van der Waals surface area (Å²) >= 11 is 0. The highest BCUT2D eigenvalue weighted by molar-refractivity contribution is 7.00. The van der Waals surface area contributed by atoms with Crippen LogP contribution in [-0.4, -0.2) is 12.3 Å². The lowest BCUT2D eigenvalue weighted by atomic mass is 9.33. The van der Waals surface area contributed by atoms with Crippen LogP contribution in [0.1, 0.15) is 160 Å². The Hall–Kier alpha value is -6.78. The van der Waals surface area contributed by atoms with Gasteiger partial charge in [0.15, 0.2) is 0 Å². The van der Waals surface area contributed by atoms with Crippen molar-refractivity contribution < 1.29 is 0 Å². The van der Waals surface area contributed by atoms with Gasteiger partial charge in [-0.2, -0.15) is 0 Å². The average Bonchev–Trinajstić information content (AvgIpc) is 3.12. The maximum atomic E-state index is 2.95. The van der Waals surface area contributed by atoms with Gasteiger partial charge in [0.2, 0.25) is 0 Å². The molecule has 3 nitrogen and oxygen atoms in total. The molecule has 8 aromatic carbocycles. The molecule has 4 aliphatic heterocycles. The van der Waals surface area contributed by atoms with Gasteiger partial charge >= 0.3 is 0 Å². The summed E-state index contributed by atoms with van der Waals surface area (Å²) in [5.74, 6) is 0. The van der Waals surface area contributed by atoms with Crippen LogP contribution in [0, 0.1) is 0 Å². The van der Waals surface area contributed by atoms with E-state index in [1.807, 2.05) is 0 Å². The van der Waals surface area contributed by atoms with Crippen molar-refractivity contribution >= 4 is 62.9 Å². The average molecular weight is 1010 g/mol. The van der Waals surface area contributed by atoms with E-state index in [0.717, 1.165) is 25.7 Å². The topological polar surface area (TPSA) is 9.72 Å². The molecule has 4 atom stereocenters. The zero-order valence-corrected chi connectivity index (χ0v) is 47.8. The van der Waals surface area contributed by atoms with Crippen molar-refractivity contribution in [1.29, 1.82) is 0 Å². The van der Waals surface area contributed by atoms with Gasteiger partial charge in [-0.3, -0.25) is 0 Å². The Bertz CT molecular complexity index is 3740. The third-order valence-corrected chi connectivity index (χ3v) is 20.6. The number of nitrogens with zero attached hydrogens (tertiary/aromatic N) is 3. The van der Waals surface area contributed by atoms with E-state index < -0.39 is 5.54 Å². The maximum absolute atomic E-state index is 2.95. The molecule has 6 aliphatic rings. The highest BCUT2D eigenvalue weighted by Crippen LogP contribution is 2.67. The summed E-state index contributed by atoms with van der Waals surface area (Å²) in [5.41, 5.74) is 26.2. The fourth-order valence-corrected chi connectivity index (χ4v) is 16.4. The van der Waals surface area contributed by atoms with Gasteiger partial charge in [0.1, 0.15) is 0 Å². The molecular weight excluding hydrogens is 930 g/mol. The molecule has 0 saturated heterocycles. The number of hydrogen-bond acceptors (Lipinski definition) is 3. The Morgan fingerprint density at radius 3 is 1.79 bits per heavy atom. The number of aryl methyl sites for hydroxylation is 1. The number of para-hydroxylation sites is 1. The van der Waals surface area contributed by atoms with Crippen LogP contribution in [-0.2, 0) is 39.0 Å². The van der Waals surface area contributed by atoms with Crippen LogP contribution in [0.4, 0.5) is 39.8 Å². The van der Waals surface area contributed by atoms with Crippen molar-refractivity contribution in [3.8, 4) is 11.1 Å². The number of benzene rings is 8. The minimum Gasteiger partial charge on any atom is -0.335 e. The number of rotatable bonds is 4. The van der Waals surface area contributed by atoms with Crippen LogP contribution >= 0.6 is 0 Å². The van der Waals surface area contributed by atoms with Gasteiger partial charge in [-0.15, -0.1) is 0 Å². The van der Waals surface area contributed by atoms with Gasteiger partial charge in [0.05, 0.1) is 16.8 Å². The maximum Gasteiger partial charge on any atom is 0.252 e. The fraction of sp³-hybridized carbons (Fsp3) is 0.342. The van der Waals surface area contributed by atoms with E-state index in [0.29, 0.717) is 0 Å². The molecule has 1 fully saturated rings. The Balaban J connectivity index is 1.15. The van der Waals surface area contributed by atoms with Crippen LogP contribution in [0.5, 0.6) is 0 Å². The highest BCUT2D eigenvalue weighted by atomic mass is 15.3. The Labute approximate surface area is 460 Å². The smallest absolute Gasteiger partial charge is 0.252 e. The zero-order valence-electron chi connectivity index (χ0n) is 47.8. The molecule has 4 unspecified atom stereocenters. The summed E-state index contributed by atoms with van der Waals surface area (Å²) in [4.78, 5) is 8.54. The van der Waals surface area contributed by atoms with Gasteiger partial charge < -0.3 is 14.7 Å². The summed E-state index contributed by atoms with van der Waals surface area (Å²) in [6.07, 6.45) is 6.77. The quantitative estimate of drug-likeness (QED) is 0.163. The van der Waals surface area contributed by atoms with Crippen molar-refractivity contribution in [3.05, 3.63) is 214 Å². The molecule has 0 amide bonds. The second kappa shape index (κ2) is 16.2. The van der Waals surface area contributed by atoms with E-state index >= 15 is 0 Å². The molecule has 2 aliphatic carbocycles. The van der Waals surface area contributed by atoms with Gasteiger partial charge in [0.25, 0.3) is 6.71 Å². The Morgan fingerprint density at radius 1 is 0.455 bits per heavy atom. The molecule has 77 heavy (non-hydrogen) atoms. The monoisotopic (exact) mass is 1010 g/mol. The molecular formula is C73H76BN3. The van der Waals surface area contributed by atoms with Gasteiger partial charge in [-0.1, -0.05) is 216 Å². The van der Waals surface area contributed by atoms with Crippen molar-refractivity contribution in [1.82, 2.24) is 0 Å². The van der Waals surface area contributed by atoms with Crippen LogP contribution in [0.25, 0.3) is 11.1 Å². The van der Waals surface area contributed by atoms with E-state index in [9.17, 15) is 0 Å². The second-order valence-electron chi connectivity index (χ2n) is 27.7. The normalized spacial score (nSPS) is 23.6. The van der Waals surface area contributed by atoms with E-state index in [1.54, 1.807) is 0 Å². The zero-order chi connectivity index (χ0) is 53.4. The molecule has 0 bridgehead atoms. The van der Waals surface area contributed by atoms with Crippen molar-refractivity contribution in [3.63, 3.8) is 0 Å². The van der Waals surface area contributed by atoms with Crippen LogP contribution in [0.2, 0.25) is 0 Å². The molecule has 386 valence electrons. The van der Waals surface area contributed by atoms with Crippen molar-refractivity contribution in [2.24, 2.45) is 0 Å². The van der Waals surface area contributed by atoms with Crippen molar-refractivity contribution in [2.45, 2.75) is 160 Å². The number of hydrogen-bond donors (Lipinski definition) is 0. The van der Waals surface area contributed by atoms with Crippen molar-refractivity contribution in [2.75, 3.05) is 14.7 Å². The van der Waals surface area contributed by atoms with E-state index in [1.165, 1.54) is 125 Å². The summed E-state index contributed by atoms with van der Waals surface area (Å²) in [7, 11) is 0. The first-order valence-electron chi connectivity index (χ1n) is 29.1. The van der Waals surface area contributed by atoms with E-state index in [4.69, 9.17) is 0 Å². The predicted molar refractivity (Wildman–Crippen MR) is 328 cm³/mol. The SMILES string of the molecule is CC(C)(C)c1ccc(N2c3cc(C(C)(C)C)ccc3B3c4cccc5c4N(c4cc(N6c7ccc(C(C)(C)C)cc7C7(C)CCc8ccccc8C67C)cc2c43)C2(C)CCCCC52c2ccccc2)c(-c2ccccc2)c1. The summed E-state index contributed by atoms with van der Waals surface area (Å²) in [6.45, 7) is 29.2. The summed E-state index contributed by atoms with van der Waals surface area (Å²) < 4.78 is 0. The van der Waals surface area contributed by atoms with Crippen LogP contribution < -0.4 is 31.1 Å². The summed E-state index contributed by atoms with van der Waals surface area (Å²) in [6, 6.07) is 67.7. The first kappa shape index (κ1) is 48.6. The molecule has 4 heterocycles. The lowest BCUT2D eigenvalue weighted by molar-refractivity contribution is 0.215.